The van der Waals surface area contributed by atoms with Crippen LogP contribution in [0.4, 0.5) is 0 Å². The first kappa shape index (κ1) is 31.6. The summed E-state index contributed by atoms with van der Waals surface area (Å²) < 4.78 is 0. The number of hydrogen-bond donors (Lipinski definition) is 0. The standard InChI is InChI=1S/C53H36N2/c1-53(2)48-31-36(25-26-44(48)46-27-24-33-14-6-9-19-39(33)51(46)53)38-28-29-45(42-22-12-10-21-41(38)42)49-32-50(55-52(54-49)34-15-4-3-5-16-34)47-30-35-17-7-8-18-37(35)40-20-11-13-23-43(40)47/h3-32H,1-2H3. The van der Waals surface area contributed by atoms with Crippen LogP contribution in [0.5, 0.6) is 0 Å². The van der Waals surface area contributed by atoms with Crippen molar-refractivity contribution in [1.82, 2.24) is 9.97 Å². The number of fused-ring (bicyclic) bond motifs is 9. The van der Waals surface area contributed by atoms with Crippen LogP contribution in [0.25, 0.3) is 99.2 Å². The van der Waals surface area contributed by atoms with Crippen LogP contribution in [0, 0.1) is 0 Å². The maximum Gasteiger partial charge on any atom is 0.160 e. The van der Waals surface area contributed by atoms with Crippen LogP contribution in [-0.4, -0.2) is 9.97 Å². The molecular weight excluding hydrogens is 665 g/mol. The summed E-state index contributed by atoms with van der Waals surface area (Å²) in [6, 6.07) is 65.9. The molecular formula is C53H36N2. The summed E-state index contributed by atoms with van der Waals surface area (Å²) in [6.07, 6.45) is 0. The Bertz CT molecular complexity index is 3170. The van der Waals surface area contributed by atoms with Crippen LogP contribution in [0.3, 0.4) is 0 Å². The molecule has 0 amide bonds. The SMILES string of the molecule is CC1(C)c2cc(-c3ccc(-c4cc(-c5cc6ccccc6c6ccccc56)nc(-c5ccccc5)n4)c4ccccc34)ccc2-c2ccc3ccccc3c21. The monoisotopic (exact) mass is 700 g/mol. The fourth-order valence-corrected chi connectivity index (χ4v) is 9.25. The summed E-state index contributed by atoms with van der Waals surface area (Å²) in [7, 11) is 0. The largest absolute Gasteiger partial charge is 0.228 e. The topological polar surface area (TPSA) is 25.8 Å². The highest BCUT2D eigenvalue weighted by molar-refractivity contribution is 6.14. The lowest BCUT2D eigenvalue weighted by Gasteiger charge is -2.24. The first-order valence-corrected chi connectivity index (χ1v) is 19.1. The molecule has 1 aliphatic carbocycles. The molecule has 0 radical (unpaired) electrons. The van der Waals surface area contributed by atoms with Gasteiger partial charge in [0.15, 0.2) is 5.82 Å². The number of rotatable bonds is 4. The van der Waals surface area contributed by atoms with E-state index in [4.69, 9.17) is 9.97 Å². The molecule has 0 spiro atoms. The summed E-state index contributed by atoms with van der Waals surface area (Å²) in [4.78, 5) is 10.6. The minimum absolute atomic E-state index is 0.130. The fraction of sp³-hybridized carbons (Fsp3) is 0.0566. The van der Waals surface area contributed by atoms with Crippen LogP contribution in [0.2, 0.25) is 0 Å². The van der Waals surface area contributed by atoms with E-state index in [1.165, 1.54) is 76.5 Å². The Balaban J connectivity index is 1.10. The first-order chi connectivity index (χ1) is 27.0. The number of nitrogens with zero attached hydrogens (tertiary/aromatic N) is 2. The van der Waals surface area contributed by atoms with E-state index in [-0.39, 0.29) is 5.41 Å². The quantitative estimate of drug-likeness (QED) is 0.171. The van der Waals surface area contributed by atoms with Gasteiger partial charge < -0.3 is 0 Å². The molecule has 0 aliphatic heterocycles. The maximum atomic E-state index is 5.30. The van der Waals surface area contributed by atoms with Gasteiger partial charge in [0.25, 0.3) is 0 Å². The molecule has 0 N–H and O–H groups in total. The molecule has 11 rings (SSSR count). The third-order valence-corrected chi connectivity index (χ3v) is 11.9. The number of hydrogen-bond acceptors (Lipinski definition) is 2. The Morgan fingerprint density at radius 2 is 0.891 bits per heavy atom. The van der Waals surface area contributed by atoms with E-state index in [9.17, 15) is 0 Å². The Labute approximate surface area is 320 Å². The number of benzene rings is 9. The average Bonchev–Trinajstić information content (AvgIpc) is 3.48. The summed E-state index contributed by atoms with van der Waals surface area (Å²) in [5.41, 5.74) is 12.8. The van der Waals surface area contributed by atoms with Crippen molar-refractivity contribution in [3.63, 3.8) is 0 Å². The maximum absolute atomic E-state index is 5.30. The van der Waals surface area contributed by atoms with Gasteiger partial charge >= 0.3 is 0 Å². The fourth-order valence-electron chi connectivity index (χ4n) is 9.25. The zero-order chi connectivity index (χ0) is 36.7. The highest BCUT2D eigenvalue weighted by Crippen LogP contribution is 2.52. The van der Waals surface area contributed by atoms with Crippen LogP contribution < -0.4 is 0 Å². The van der Waals surface area contributed by atoms with E-state index in [1.54, 1.807) is 0 Å². The Kier molecular flexibility index (Phi) is 6.93. The average molecular weight is 701 g/mol. The van der Waals surface area contributed by atoms with E-state index in [2.05, 4.69) is 190 Å². The molecule has 0 saturated carbocycles. The molecule has 2 heteroatoms. The van der Waals surface area contributed by atoms with Gasteiger partial charge in [-0.05, 0) is 94.7 Å². The lowest BCUT2D eigenvalue weighted by molar-refractivity contribution is 0.666. The normalized spacial score (nSPS) is 13.1. The van der Waals surface area contributed by atoms with Gasteiger partial charge in [0.2, 0.25) is 0 Å². The van der Waals surface area contributed by atoms with E-state index >= 15 is 0 Å². The third kappa shape index (κ3) is 4.88. The van der Waals surface area contributed by atoms with Crippen LogP contribution in [-0.2, 0) is 5.41 Å². The van der Waals surface area contributed by atoms with Crippen molar-refractivity contribution in [2.24, 2.45) is 0 Å². The van der Waals surface area contributed by atoms with Crippen molar-refractivity contribution >= 4 is 43.1 Å². The summed E-state index contributed by atoms with van der Waals surface area (Å²) >= 11 is 0. The minimum Gasteiger partial charge on any atom is -0.228 e. The van der Waals surface area contributed by atoms with Gasteiger partial charge in [-0.1, -0.05) is 178 Å². The molecule has 0 saturated heterocycles. The lowest BCUT2D eigenvalue weighted by Crippen LogP contribution is -2.15. The van der Waals surface area contributed by atoms with E-state index in [0.717, 1.165) is 28.1 Å². The molecule has 0 unspecified atom stereocenters. The smallest absolute Gasteiger partial charge is 0.160 e. The highest BCUT2D eigenvalue weighted by atomic mass is 14.9. The highest BCUT2D eigenvalue weighted by Gasteiger charge is 2.37. The molecule has 0 bridgehead atoms. The molecule has 0 fully saturated rings. The van der Waals surface area contributed by atoms with Crippen LogP contribution in [0.1, 0.15) is 25.0 Å². The molecule has 1 aliphatic rings. The summed E-state index contributed by atoms with van der Waals surface area (Å²) in [5, 5.41) is 9.85. The van der Waals surface area contributed by atoms with Crippen molar-refractivity contribution in [3.8, 4) is 56.2 Å². The molecule has 1 heterocycles. The molecule has 2 nitrogen and oxygen atoms in total. The summed E-state index contributed by atoms with van der Waals surface area (Å²) in [5.74, 6) is 0.714. The molecule has 55 heavy (non-hydrogen) atoms. The van der Waals surface area contributed by atoms with Gasteiger partial charge in [-0.3, -0.25) is 0 Å². The second kappa shape index (κ2) is 12.1. The Morgan fingerprint density at radius 1 is 0.345 bits per heavy atom. The lowest BCUT2D eigenvalue weighted by atomic mass is 9.79. The zero-order valence-electron chi connectivity index (χ0n) is 30.7. The van der Waals surface area contributed by atoms with Gasteiger partial charge in [0, 0.05) is 22.1 Å². The second-order valence-corrected chi connectivity index (χ2v) is 15.3. The van der Waals surface area contributed by atoms with E-state index in [0.29, 0.717) is 5.82 Å². The van der Waals surface area contributed by atoms with Gasteiger partial charge in [-0.15, -0.1) is 0 Å². The second-order valence-electron chi connectivity index (χ2n) is 15.3. The molecule has 0 atom stereocenters. The number of aromatic nitrogens is 2. The van der Waals surface area contributed by atoms with Crippen molar-refractivity contribution in [1.29, 1.82) is 0 Å². The van der Waals surface area contributed by atoms with Crippen molar-refractivity contribution in [2.75, 3.05) is 0 Å². The summed E-state index contributed by atoms with van der Waals surface area (Å²) in [6.45, 7) is 4.76. The molecule has 1 aromatic heterocycles. The van der Waals surface area contributed by atoms with Gasteiger partial charge in [-0.25, -0.2) is 9.97 Å². The zero-order valence-corrected chi connectivity index (χ0v) is 30.7. The van der Waals surface area contributed by atoms with Gasteiger partial charge in [0.1, 0.15) is 0 Å². The third-order valence-electron chi connectivity index (χ3n) is 11.9. The van der Waals surface area contributed by atoms with E-state index in [1.807, 2.05) is 6.07 Å². The Hall–Kier alpha value is -6.90. The first-order valence-electron chi connectivity index (χ1n) is 19.1. The van der Waals surface area contributed by atoms with E-state index < -0.39 is 0 Å². The Morgan fingerprint density at radius 3 is 1.65 bits per heavy atom. The van der Waals surface area contributed by atoms with Crippen LogP contribution >= 0.6 is 0 Å². The predicted octanol–water partition coefficient (Wildman–Crippen LogP) is 14.1. The van der Waals surface area contributed by atoms with Crippen LogP contribution in [0.15, 0.2) is 182 Å². The van der Waals surface area contributed by atoms with Gasteiger partial charge in [0.05, 0.1) is 11.4 Å². The molecule has 258 valence electrons. The predicted molar refractivity (Wildman–Crippen MR) is 231 cm³/mol. The van der Waals surface area contributed by atoms with Crippen molar-refractivity contribution < 1.29 is 0 Å². The minimum atomic E-state index is -0.130. The van der Waals surface area contributed by atoms with Crippen molar-refractivity contribution in [3.05, 3.63) is 193 Å². The van der Waals surface area contributed by atoms with Gasteiger partial charge in [-0.2, -0.15) is 0 Å². The molecule has 9 aromatic carbocycles. The van der Waals surface area contributed by atoms with Crippen molar-refractivity contribution in [2.45, 2.75) is 19.3 Å². The molecule has 10 aromatic rings.